The number of carbonyl (C=O) groups excluding carboxylic acids is 1. The van der Waals surface area contributed by atoms with Crippen LogP contribution in [0.4, 0.5) is 0 Å². The first kappa shape index (κ1) is 17.5. The average molecular weight is 285 g/mol. The second-order valence-electron chi connectivity index (χ2n) is 3.70. The average Bonchev–Trinajstić information content (AvgIpc) is 2.40. The number of methoxy groups -OCH3 is 1. The van der Waals surface area contributed by atoms with E-state index in [9.17, 15) is 9.59 Å². The highest BCUT2D eigenvalue weighted by molar-refractivity contribution is 7.80. The van der Waals surface area contributed by atoms with Crippen molar-refractivity contribution in [3.05, 3.63) is 35.9 Å². The Morgan fingerprint density at radius 1 is 1.37 bits per heavy atom. The molecule has 0 aliphatic rings. The maximum atomic E-state index is 10.8. The smallest absolute Gasteiger partial charge is 0.320 e. The van der Waals surface area contributed by atoms with Gasteiger partial charge in [0, 0.05) is 0 Å². The quantitative estimate of drug-likeness (QED) is 0.557. The highest BCUT2D eigenvalue weighted by atomic mass is 32.1. The molecule has 1 atom stereocenters. The summed E-state index contributed by atoms with van der Waals surface area (Å²) in [6, 6.07) is 8.78. The number of carbonyl (C=O) groups is 2. The van der Waals surface area contributed by atoms with E-state index in [1.54, 1.807) is 0 Å². The van der Waals surface area contributed by atoms with Crippen LogP contribution < -0.4 is 5.73 Å². The number of hydrogen-bond acceptors (Lipinski definition) is 5. The Morgan fingerprint density at radius 2 is 1.95 bits per heavy atom. The van der Waals surface area contributed by atoms with Gasteiger partial charge in [0.2, 0.25) is 0 Å². The van der Waals surface area contributed by atoms with Gasteiger partial charge >= 0.3 is 11.9 Å². The molecule has 0 aliphatic carbocycles. The van der Waals surface area contributed by atoms with Gasteiger partial charge in [-0.3, -0.25) is 9.59 Å². The van der Waals surface area contributed by atoms with Gasteiger partial charge in [-0.25, -0.2) is 0 Å². The topological polar surface area (TPSA) is 89.6 Å². The summed E-state index contributed by atoms with van der Waals surface area (Å²) in [6.07, 6.45) is 0.787. The van der Waals surface area contributed by atoms with Gasteiger partial charge in [0.25, 0.3) is 0 Å². The standard InChI is InChI=1S/C9H10O2.C4H9NO2S/c1-11-9(10)7-8-5-3-2-4-6-8;5-3(1-2-8)4(6)7/h2-6H,7H2,1H3;3,8H,1-2,5H2,(H,6,7)/t;3-/m.0/s1. The molecule has 0 radical (unpaired) electrons. The lowest BCUT2D eigenvalue weighted by molar-refractivity contribution is -0.140. The molecular formula is C13H19NO4S. The molecule has 0 unspecified atom stereocenters. The molecule has 106 valence electrons. The maximum absolute atomic E-state index is 10.8. The molecule has 1 aromatic carbocycles. The molecule has 0 heterocycles. The summed E-state index contributed by atoms with van der Waals surface area (Å²) in [7, 11) is 1.39. The molecule has 5 nitrogen and oxygen atoms in total. The van der Waals surface area contributed by atoms with Crippen molar-refractivity contribution in [2.24, 2.45) is 5.73 Å². The van der Waals surface area contributed by atoms with E-state index in [-0.39, 0.29) is 5.97 Å². The van der Waals surface area contributed by atoms with Crippen LogP contribution in [0.5, 0.6) is 0 Å². The third-order valence-electron chi connectivity index (χ3n) is 2.18. The second-order valence-corrected chi connectivity index (χ2v) is 4.14. The Labute approximate surface area is 118 Å². The minimum absolute atomic E-state index is 0.198. The van der Waals surface area contributed by atoms with Gasteiger partial charge in [-0.1, -0.05) is 30.3 Å². The van der Waals surface area contributed by atoms with E-state index in [1.807, 2.05) is 30.3 Å². The molecule has 3 N–H and O–H groups in total. The zero-order chi connectivity index (χ0) is 14.7. The third-order valence-corrected chi connectivity index (χ3v) is 2.43. The number of nitrogens with two attached hydrogens (primary N) is 1. The fourth-order valence-electron chi connectivity index (χ4n) is 1.10. The van der Waals surface area contributed by atoms with Gasteiger partial charge in [-0.05, 0) is 17.7 Å². The number of benzene rings is 1. The van der Waals surface area contributed by atoms with E-state index in [0.29, 0.717) is 18.6 Å². The summed E-state index contributed by atoms with van der Waals surface area (Å²) in [5.41, 5.74) is 6.06. The first-order valence-corrected chi connectivity index (χ1v) is 6.34. The number of aliphatic carboxylic acids is 1. The molecule has 0 saturated heterocycles. The second kappa shape index (κ2) is 10.4. The van der Waals surface area contributed by atoms with Crippen molar-refractivity contribution in [2.45, 2.75) is 18.9 Å². The SMILES string of the molecule is COC(=O)Cc1ccccc1.N[C@@H](CCS)C(=O)O. The summed E-state index contributed by atoms with van der Waals surface area (Å²) in [5.74, 6) is -0.636. The van der Waals surface area contributed by atoms with E-state index >= 15 is 0 Å². The van der Waals surface area contributed by atoms with Crippen LogP contribution in [0.2, 0.25) is 0 Å². The van der Waals surface area contributed by atoms with E-state index in [0.717, 1.165) is 5.56 Å². The van der Waals surface area contributed by atoms with Crippen LogP contribution in [0.3, 0.4) is 0 Å². The number of esters is 1. The highest BCUT2D eigenvalue weighted by Gasteiger charge is 2.08. The zero-order valence-electron chi connectivity index (χ0n) is 10.8. The Kier molecular flexibility index (Phi) is 9.56. The minimum atomic E-state index is -0.959. The number of carboxylic acids is 1. The van der Waals surface area contributed by atoms with Crippen molar-refractivity contribution in [1.29, 1.82) is 0 Å². The predicted octanol–water partition coefficient (Wildman–Crippen LogP) is 1.12. The maximum Gasteiger partial charge on any atom is 0.320 e. The van der Waals surface area contributed by atoms with Gasteiger partial charge in [0.1, 0.15) is 6.04 Å². The van der Waals surface area contributed by atoms with E-state index in [2.05, 4.69) is 17.4 Å². The summed E-state index contributed by atoms with van der Waals surface area (Å²) in [4.78, 5) is 20.7. The van der Waals surface area contributed by atoms with Crippen molar-refractivity contribution < 1.29 is 19.4 Å². The van der Waals surface area contributed by atoms with Crippen molar-refractivity contribution in [3.8, 4) is 0 Å². The fourth-order valence-corrected chi connectivity index (χ4v) is 1.38. The number of hydrogen-bond donors (Lipinski definition) is 3. The van der Waals surface area contributed by atoms with Crippen LogP contribution in [0.1, 0.15) is 12.0 Å². The molecular weight excluding hydrogens is 266 g/mol. The summed E-state index contributed by atoms with van der Waals surface area (Å²) >= 11 is 3.81. The number of carboxylic acid groups (broad SMARTS) is 1. The van der Waals surface area contributed by atoms with E-state index in [1.165, 1.54) is 7.11 Å². The minimum Gasteiger partial charge on any atom is -0.480 e. The van der Waals surface area contributed by atoms with Gasteiger partial charge in [0.05, 0.1) is 13.5 Å². The molecule has 1 aromatic rings. The van der Waals surface area contributed by atoms with Gasteiger partial charge < -0.3 is 15.6 Å². The number of rotatable bonds is 5. The van der Waals surface area contributed by atoms with Crippen LogP contribution in [0.15, 0.2) is 30.3 Å². The largest absolute Gasteiger partial charge is 0.480 e. The summed E-state index contributed by atoms with van der Waals surface area (Å²) in [5, 5.41) is 8.15. The fraction of sp³-hybridized carbons (Fsp3) is 0.385. The van der Waals surface area contributed by atoms with Crippen molar-refractivity contribution in [1.82, 2.24) is 0 Å². The van der Waals surface area contributed by atoms with Crippen LogP contribution in [-0.4, -0.2) is 35.9 Å². The summed E-state index contributed by atoms with van der Waals surface area (Å²) in [6.45, 7) is 0. The normalized spacial score (nSPS) is 10.9. The van der Waals surface area contributed by atoms with Crippen molar-refractivity contribution in [2.75, 3.05) is 12.9 Å². The Bertz CT molecular complexity index is 383. The van der Waals surface area contributed by atoms with Crippen LogP contribution >= 0.6 is 12.6 Å². The molecule has 1 rings (SSSR count). The number of thiol groups is 1. The third kappa shape index (κ3) is 9.10. The van der Waals surface area contributed by atoms with Gasteiger partial charge in [-0.2, -0.15) is 12.6 Å². The van der Waals surface area contributed by atoms with Crippen molar-refractivity contribution in [3.63, 3.8) is 0 Å². The van der Waals surface area contributed by atoms with Crippen LogP contribution in [-0.2, 0) is 20.7 Å². The summed E-state index contributed by atoms with van der Waals surface area (Å²) < 4.78 is 4.52. The molecule has 0 saturated carbocycles. The highest BCUT2D eigenvalue weighted by Crippen LogP contribution is 1.99. The number of ether oxygens (including phenoxy) is 1. The predicted molar refractivity (Wildman–Crippen MR) is 76.2 cm³/mol. The lowest BCUT2D eigenvalue weighted by Gasteiger charge is -2.00. The zero-order valence-corrected chi connectivity index (χ0v) is 11.7. The first-order chi connectivity index (χ1) is 9.01. The van der Waals surface area contributed by atoms with Gasteiger partial charge in [-0.15, -0.1) is 0 Å². The Hall–Kier alpha value is -1.53. The monoisotopic (exact) mass is 285 g/mol. The molecule has 0 amide bonds. The van der Waals surface area contributed by atoms with E-state index < -0.39 is 12.0 Å². The van der Waals surface area contributed by atoms with Crippen molar-refractivity contribution >= 4 is 24.6 Å². The Morgan fingerprint density at radius 3 is 2.32 bits per heavy atom. The first-order valence-electron chi connectivity index (χ1n) is 5.71. The lowest BCUT2D eigenvalue weighted by atomic mass is 10.2. The van der Waals surface area contributed by atoms with Gasteiger partial charge in [0.15, 0.2) is 0 Å². The molecule has 0 bridgehead atoms. The molecule has 0 fully saturated rings. The lowest BCUT2D eigenvalue weighted by Crippen LogP contribution is -2.30. The molecule has 19 heavy (non-hydrogen) atoms. The van der Waals surface area contributed by atoms with Crippen LogP contribution in [0.25, 0.3) is 0 Å². The molecule has 0 aliphatic heterocycles. The van der Waals surface area contributed by atoms with E-state index in [4.69, 9.17) is 10.8 Å². The molecule has 0 aromatic heterocycles. The molecule has 6 heteroatoms. The Balaban J connectivity index is 0.000000362. The molecule has 0 spiro atoms. The van der Waals surface area contributed by atoms with Crippen LogP contribution in [0, 0.1) is 0 Å².